The lowest BCUT2D eigenvalue weighted by Crippen LogP contribution is -2.52. The van der Waals surface area contributed by atoms with E-state index in [9.17, 15) is 9.59 Å². The van der Waals surface area contributed by atoms with E-state index in [2.05, 4.69) is 45.4 Å². The first-order valence-electron chi connectivity index (χ1n) is 8.70. The van der Waals surface area contributed by atoms with Gasteiger partial charge in [-0.25, -0.2) is 4.79 Å². The van der Waals surface area contributed by atoms with Gasteiger partial charge in [0.25, 0.3) is 5.56 Å². The van der Waals surface area contributed by atoms with Crippen LogP contribution in [0, 0.1) is 0 Å². The molecule has 26 heavy (non-hydrogen) atoms. The van der Waals surface area contributed by atoms with Gasteiger partial charge in [-0.15, -0.1) is 6.58 Å². The van der Waals surface area contributed by atoms with Gasteiger partial charge in [0, 0.05) is 19.4 Å². The van der Waals surface area contributed by atoms with Crippen LogP contribution in [0.4, 0.5) is 0 Å². The van der Waals surface area contributed by atoms with E-state index in [1.807, 2.05) is 6.92 Å². The molecule has 4 atom stereocenters. The Hall–Kier alpha value is -1.48. The van der Waals surface area contributed by atoms with Crippen LogP contribution >= 0.6 is 0 Å². The molecule has 2 heterocycles. The number of aromatic nitrogens is 2. The van der Waals surface area contributed by atoms with Crippen LogP contribution in [0.3, 0.4) is 0 Å². The highest BCUT2D eigenvalue weighted by Gasteiger charge is 2.56. The van der Waals surface area contributed by atoms with Crippen LogP contribution < -0.4 is 11.2 Å². The maximum atomic E-state index is 12.3. The summed E-state index contributed by atoms with van der Waals surface area (Å²) >= 11 is 0. The van der Waals surface area contributed by atoms with Crippen LogP contribution in [-0.4, -0.2) is 42.8 Å². The second-order valence-corrected chi connectivity index (χ2v) is 13.2. The molecule has 0 saturated carbocycles. The lowest BCUT2D eigenvalue weighted by Gasteiger charge is -2.42. The van der Waals surface area contributed by atoms with E-state index in [1.54, 1.807) is 13.2 Å². The fourth-order valence-electron chi connectivity index (χ4n) is 2.80. The molecule has 1 aliphatic rings. The number of hydrogen-bond donors (Lipinski definition) is 1. The minimum Gasteiger partial charge on any atom is -0.408 e. The Kier molecular flexibility index (Phi) is 5.54. The molecule has 1 N–H and O–H groups in total. The Balaban J connectivity index is 2.49. The third kappa shape index (κ3) is 3.64. The smallest absolute Gasteiger partial charge is 0.330 e. The van der Waals surface area contributed by atoms with Gasteiger partial charge in [-0.2, -0.15) is 0 Å². The molecule has 0 amide bonds. The first-order valence-corrected chi connectivity index (χ1v) is 11.6. The highest BCUT2D eigenvalue weighted by atomic mass is 28.4. The van der Waals surface area contributed by atoms with Crippen molar-refractivity contribution in [2.75, 3.05) is 7.11 Å². The summed E-state index contributed by atoms with van der Waals surface area (Å²) in [5.74, 6) is 0. The molecule has 0 unspecified atom stereocenters. The standard InChI is InChI=1S/C18H30N2O5Si/c1-9-18(5)14(25-26(7,8)17(2,3)4)13(23-6)15(24-18)20-11-10-12(21)19-16(20)22/h9-11,13-15H,1H2,2-8H3,(H,19,21,22)/t13-,14+,15+,18+/m0/s1. The Morgan fingerprint density at radius 3 is 2.46 bits per heavy atom. The van der Waals surface area contributed by atoms with E-state index < -0.39 is 43.6 Å². The van der Waals surface area contributed by atoms with Crippen LogP contribution in [0.1, 0.15) is 33.9 Å². The lowest BCUT2D eigenvalue weighted by atomic mass is 9.97. The van der Waals surface area contributed by atoms with Crippen molar-refractivity contribution in [1.29, 1.82) is 0 Å². The molecule has 2 rings (SSSR count). The molecule has 1 aromatic heterocycles. The van der Waals surface area contributed by atoms with Gasteiger partial charge < -0.3 is 13.9 Å². The second kappa shape index (κ2) is 6.92. The third-order valence-corrected chi connectivity index (χ3v) is 10.0. The summed E-state index contributed by atoms with van der Waals surface area (Å²) in [7, 11) is -0.575. The van der Waals surface area contributed by atoms with E-state index in [1.165, 1.54) is 16.8 Å². The summed E-state index contributed by atoms with van der Waals surface area (Å²) in [6.45, 7) is 16.6. The summed E-state index contributed by atoms with van der Waals surface area (Å²) in [4.78, 5) is 25.9. The highest BCUT2D eigenvalue weighted by molar-refractivity contribution is 6.74. The summed E-state index contributed by atoms with van der Waals surface area (Å²) in [5.41, 5.74) is -1.85. The number of nitrogens with zero attached hydrogens (tertiary/aromatic N) is 1. The average Bonchev–Trinajstić information content (AvgIpc) is 2.78. The van der Waals surface area contributed by atoms with E-state index in [4.69, 9.17) is 13.9 Å². The van der Waals surface area contributed by atoms with Crippen molar-refractivity contribution in [3.63, 3.8) is 0 Å². The number of methoxy groups -OCH3 is 1. The SMILES string of the molecule is C=C[C@@]1(C)O[C@@H](n2ccc(=O)[nH]c2=O)[C@@H](OC)[C@H]1O[Si](C)(C)C(C)(C)C. The molecule has 1 saturated heterocycles. The minimum atomic E-state index is -2.14. The maximum absolute atomic E-state index is 12.3. The van der Waals surface area contributed by atoms with Crippen molar-refractivity contribution in [1.82, 2.24) is 9.55 Å². The lowest BCUT2D eigenvalue weighted by molar-refractivity contribution is -0.0713. The molecule has 0 radical (unpaired) electrons. The van der Waals surface area contributed by atoms with Crippen LogP contribution in [0.25, 0.3) is 0 Å². The van der Waals surface area contributed by atoms with Crippen molar-refractivity contribution >= 4 is 8.32 Å². The van der Waals surface area contributed by atoms with Crippen molar-refractivity contribution in [3.05, 3.63) is 45.8 Å². The van der Waals surface area contributed by atoms with Gasteiger partial charge in [0.05, 0.1) is 0 Å². The van der Waals surface area contributed by atoms with Crippen molar-refractivity contribution in [2.24, 2.45) is 0 Å². The van der Waals surface area contributed by atoms with Gasteiger partial charge in [0.1, 0.15) is 17.8 Å². The molecule has 1 aromatic rings. The van der Waals surface area contributed by atoms with E-state index in [-0.39, 0.29) is 5.04 Å². The molecule has 146 valence electrons. The van der Waals surface area contributed by atoms with Crippen LogP contribution in [0.2, 0.25) is 18.1 Å². The largest absolute Gasteiger partial charge is 0.408 e. The Bertz CT molecular complexity index is 779. The van der Waals surface area contributed by atoms with Crippen molar-refractivity contribution in [2.45, 2.75) is 69.9 Å². The normalized spacial score (nSPS) is 29.7. The fourth-order valence-corrected chi connectivity index (χ4v) is 4.15. The average molecular weight is 383 g/mol. The Morgan fingerprint density at radius 2 is 2.00 bits per heavy atom. The second-order valence-electron chi connectivity index (χ2n) is 8.41. The summed E-state index contributed by atoms with van der Waals surface area (Å²) in [6, 6.07) is 1.28. The molecular weight excluding hydrogens is 352 g/mol. The van der Waals surface area contributed by atoms with E-state index in [0.717, 1.165) is 0 Å². The van der Waals surface area contributed by atoms with Crippen molar-refractivity contribution < 1.29 is 13.9 Å². The number of ether oxygens (including phenoxy) is 2. The number of nitrogens with one attached hydrogen (secondary N) is 1. The molecule has 0 spiro atoms. The zero-order valence-corrected chi connectivity index (χ0v) is 17.7. The molecular formula is C18H30N2O5Si. The van der Waals surface area contributed by atoms with Gasteiger partial charge in [-0.3, -0.25) is 14.3 Å². The third-order valence-electron chi connectivity index (χ3n) is 5.55. The summed E-state index contributed by atoms with van der Waals surface area (Å²) in [6.07, 6.45) is 1.40. The van der Waals surface area contributed by atoms with Gasteiger partial charge in [-0.1, -0.05) is 26.8 Å². The quantitative estimate of drug-likeness (QED) is 0.625. The predicted octanol–water partition coefficient (Wildman–Crippen LogP) is 2.42. The number of hydrogen-bond acceptors (Lipinski definition) is 5. The summed E-state index contributed by atoms with van der Waals surface area (Å²) in [5, 5.41) is 0.000277. The van der Waals surface area contributed by atoms with E-state index in [0.29, 0.717) is 0 Å². The highest BCUT2D eigenvalue weighted by Crippen LogP contribution is 2.45. The number of aromatic amines is 1. The van der Waals surface area contributed by atoms with Crippen LogP contribution in [0.15, 0.2) is 34.5 Å². The molecule has 1 aliphatic heterocycles. The monoisotopic (exact) mass is 382 g/mol. The van der Waals surface area contributed by atoms with Gasteiger partial charge in [0.15, 0.2) is 14.5 Å². The zero-order chi connectivity index (χ0) is 19.9. The first kappa shape index (κ1) is 20.8. The molecule has 0 aliphatic carbocycles. The summed E-state index contributed by atoms with van der Waals surface area (Å²) < 4.78 is 19.8. The molecule has 0 bridgehead atoms. The van der Waals surface area contributed by atoms with Crippen molar-refractivity contribution in [3.8, 4) is 0 Å². The number of H-pyrrole nitrogens is 1. The molecule has 7 nitrogen and oxygen atoms in total. The number of rotatable bonds is 5. The fraction of sp³-hybridized carbons (Fsp3) is 0.667. The molecule has 8 heteroatoms. The van der Waals surface area contributed by atoms with Gasteiger partial charge in [0.2, 0.25) is 0 Å². The maximum Gasteiger partial charge on any atom is 0.330 e. The predicted molar refractivity (Wildman–Crippen MR) is 103 cm³/mol. The minimum absolute atomic E-state index is 0.000277. The molecule has 0 aromatic carbocycles. The van der Waals surface area contributed by atoms with Gasteiger partial charge >= 0.3 is 5.69 Å². The van der Waals surface area contributed by atoms with Crippen LogP contribution in [-0.2, 0) is 13.9 Å². The Morgan fingerprint density at radius 1 is 1.38 bits per heavy atom. The topological polar surface area (TPSA) is 82.6 Å². The molecule has 1 fully saturated rings. The Labute approximate surface area is 155 Å². The first-order chi connectivity index (χ1) is 11.9. The van der Waals surface area contributed by atoms with Crippen LogP contribution in [0.5, 0.6) is 0 Å². The van der Waals surface area contributed by atoms with Gasteiger partial charge in [-0.05, 0) is 25.1 Å². The zero-order valence-electron chi connectivity index (χ0n) is 16.7. The van der Waals surface area contributed by atoms with E-state index >= 15 is 0 Å².